The second-order valence-electron chi connectivity index (χ2n) is 4.76. The standard InChI is InChI=1S/3C6H5.HI.Sb.H/c3*1-2-4-6-5-3-1;;;/h3*1-5H;1H;;/q;;;;+1;/p-1. The van der Waals surface area contributed by atoms with Crippen molar-refractivity contribution in [2.24, 2.45) is 0 Å². The number of rotatable bonds is 3. The molecule has 0 saturated heterocycles. The van der Waals surface area contributed by atoms with Crippen molar-refractivity contribution in [1.29, 1.82) is 0 Å². The van der Waals surface area contributed by atoms with E-state index >= 15 is 0 Å². The van der Waals surface area contributed by atoms with Gasteiger partial charge in [-0.15, -0.1) is 0 Å². The minimum absolute atomic E-state index is 1.51. The van der Waals surface area contributed by atoms with Gasteiger partial charge in [0.25, 0.3) is 0 Å². The van der Waals surface area contributed by atoms with E-state index in [1.54, 1.807) is 0 Å². The van der Waals surface area contributed by atoms with Crippen LogP contribution in [0.25, 0.3) is 0 Å². The van der Waals surface area contributed by atoms with E-state index in [4.69, 9.17) is 0 Å². The van der Waals surface area contributed by atoms with Crippen molar-refractivity contribution in [3.8, 4) is 0 Å². The molecule has 0 heterocycles. The van der Waals surface area contributed by atoms with Crippen molar-refractivity contribution in [2.45, 2.75) is 0 Å². The Kier molecular flexibility index (Phi) is 4.47. The molecule has 0 nitrogen and oxygen atoms in total. The Labute approximate surface area is 133 Å². The van der Waals surface area contributed by atoms with Gasteiger partial charge in [0.15, 0.2) is 0 Å². The molecular formula is C18H16ISb. The van der Waals surface area contributed by atoms with Gasteiger partial charge in [0, 0.05) is 0 Å². The monoisotopic (exact) mass is 480 g/mol. The Morgan fingerprint density at radius 3 is 0.950 bits per heavy atom. The van der Waals surface area contributed by atoms with E-state index in [1.165, 1.54) is 10.5 Å². The molecule has 0 radical (unpaired) electrons. The fourth-order valence-electron chi connectivity index (χ4n) is 2.50. The first-order valence-corrected chi connectivity index (χ1v) is 19.3. The number of hydrogen-bond donors (Lipinski definition) is 0. The maximum atomic E-state index is 2.78. The molecule has 0 spiro atoms. The summed E-state index contributed by atoms with van der Waals surface area (Å²) in [6.07, 6.45) is 0. The molecule has 0 aliphatic heterocycles. The maximum absolute atomic E-state index is 2.81. The third kappa shape index (κ3) is 2.66. The molecule has 0 fully saturated rings. The van der Waals surface area contributed by atoms with Crippen molar-refractivity contribution in [3.05, 3.63) is 91.0 Å². The van der Waals surface area contributed by atoms with Crippen LogP contribution >= 0.6 is 18.5 Å². The summed E-state index contributed by atoms with van der Waals surface area (Å²) in [6, 6.07) is 33.0. The van der Waals surface area contributed by atoms with Crippen molar-refractivity contribution < 1.29 is 0 Å². The van der Waals surface area contributed by atoms with Crippen molar-refractivity contribution >= 4 is 43.8 Å². The van der Waals surface area contributed by atoms with Crippen molar-refractivity contribution in [1.82, 2.24) is 0 Å². The third-order valence-corrected chi connectivity index (χ3v) is 25.7. The van der Waals surface area contributed by atoms with Crippen LogP contribution in [0.15, 0.2) is 91.0 Å². The van der Waals surface area contributed by atoms with E-state index < -0.39 is 14.8 Å². The molecule has 0 aliphatic rings. The quantitative estimate of drug-likeness (QED) is 0.399. The Morgan fingerprint density at radius 2 is 0.700 bits per heavy atom. The summed E-state index contributed by atoms with van der Waals surface area (Å²) in [6.45, 7) is 0. The molecule has 20 heavy (non-hydrogen) atoms. The Balaban J connectivity index is 2.24. The predicted molar refractivity (Wildman–Crippen MR) is 99.4 cm³/mol. The second-order valence-corrected chi connectivity index (χ2v) is 24.3. The SMILES string of the molecule is [I][SbH]([c]1ccccc1)([c]1ccccc1)[c]1ccccc1. The number of hydrogen-bond acceptors (Lipinski definition) is 0. The first-order chi connectivity index (χ1) is 9.82. The van der Waals surface area contributed by atoms with E-state index in [0.29, 0.717) is 0 Å². The predicted octanol–water partition coefficient (Wildman–Crippen LogP) is 2.82. The van der Waals surface area contributed by atoms with Gasteiger partial charge in [-0.1, -0.05) is 0 Å². The summed E-state index contributed by atoms with van der Waals surface area (Å²) in [5, 5.41) is 0. The Bertz CT molecular complexity index is 569. The Hall–Kier alpha value is -0.792. The van der Waals surface area contributed by atoms with Crippen LogP contribution in [0, 0.1) is 0 Å². The van der Waals surface area contributed by atoms with Crippen LogP contribution in [0.4, 0.5) is 0 Å². The van der Waals surface area contributed by atoms with Crippen LogP contribution in [-0.4, -0.2) is 14.8 Å². The van der Waals surface area contributed by atoms with E-state index in [2.05, 4.69) is 109 Å². The van der Waals surface area contributed by atoms with Gasteiger partial charge >= 0.3 is 135 Å². The van der Waals surface area contributed by atoms with E-state index in [9.17, 15) is 0 Å². The number of benzene rings is 3. The molecule has 100 valence electrons. The molecule has 0 aliphatic carbocycles. The summed E-state index contributed by atoms with van der Waals surface area (Å²) in [5.41, 5.74) is 0. The van der Waals surface area contributed by atoms with Crippen molar-refractivity contribution in [3.63, 3.8) is 0 Å². The summed E-state index contributed by atoms with van der Waals surface area (Å²) < 4.78 is 4.54. The van der Waals surface area contributed by atoms with Crippen molar-refractivity contribution in [2.75, 3.05) is 0 Å². The van der Waals surface area contributed by atoms with Crippen LogP contribution in [0.1, 0.15) is 0 Å². The van der Waals surface area contributed by atoms with E-state index in [1.807, 2.05) is 0 Å². The zero-order chi connectivity index (χ0) is 13.8. The molecule has 0 bridgehead atoms. The zero-order valence-corrected chi connectivity index (χ0v) is 16.0. The molecule has 0 aromatic heterocycles. The molecular weight excluding hydrogens is 465 g/mol. The summed E-state index contributed by atoms with van der Waals surface area (Å²) >= 11 is -0.0246. The molecule has 0 saturated carbocycles. The van der Waals surface area contributed by atoms with Gasteiger partial charge in [-0.25, -0.2) is 0 Å². The molecule has 3 aromatic carbocycles. The van der Waals surface area contributed by atoms with Gasteiger partial charge < -0.3 is 0 Å². The average molecular weight is 481 g/mol. The Morgan fingerprint density at radius 1 is 0.450 bits per heavy atom. The summed E-state index contributed by atoms with van der Waals surface area (Å²) in [4.78, 5) is 0. The minimum atomic E-state index is -2.81. The molecule has 0 unspecified atom stereocenters. The van der Waals surface area contributed by atoms with Crippen LogP contribution in [0.5, 0.6) is 0 Å². The van der Waals surface area contributed by atoms with Gasteiger partial charge in [0.1, 0.15) is 0 Å². The summed E-state index contributed by atoms with van der Waals surface area (Å²) in [7, 11) is 0. The molecule has 3 rings (SSSR count). The van der Waals surface area contributed by atoms with Gasteiger partial charge in [0.2, 0.25) is 0 Å². The van der Waals surface area contributed by atoms with Crippen LogP contribution in [0.3, 0.4) is 0 Å². The first-order valence-electron chi connectivity index (χ1n) is 6.67. The van der Waals surface area contributed by atoms with E-state index in [-0.39, 0.29) is 0 Å². The third-order valence-electron chi connectivity index (χ3n) is 3.51. The van der Waals surface area contributed by atoms with Crippen LogP contribution in [0.2, 0.25) is 0 Å². The van der Waals surface area contributed by atoms with Gasteiger partial charge in [-0.3, -0.25) is 0 Å². The number of halogens is 1. The fraction of sp³-hybridized carbons (Fsp3) is 0. The normalized spacial score (nSPS) is 12.1. The topological polar surface area (TPSA) is 0 Å². The second kappa shape index (κ2) is 6.32. The fourth-order valence-corrected chi connectivity index (χ4v) is 18.2. The molecule has 0 atom stereocenters. The molecule has 0 amide bonds. The van der Waals surface area contributed by atoms with Gasteiger partial charge in [-0.2, -0.15) is 0 Å². The van der Waals surface area contributed by atoms with Crippen LogP contribution < -0.4 is 10.5 Å². The average Bonchev–Trinajstić information content (AvgIpc) is 2.56. The zero-order valence-electron chi connectivity index (χ0n) is 11.0. The van der Waals surface area contributed by atoms with E-state index in [0.717, 1.165) is 0 Å². The molecule has 0 N–H and O–H groups in total. The summed E-state index contributed by atoms with van der Waals surface area (Å²) in [5.74, 6) is 0. The molecule has 2 heteroatoms. The first kappa shape index (κ1) is 14.2. The van der Waals surface area contributed by atoms with Crippen LogP contribution in [-0.2, 0) is 0 Å². The van der Waals surface area contributed by atoms with Gasteiger partial charge in [-0.05, 0) is 0 Å². The molecule has 3 aromatic rings. The van der Waals surface area contributed by atoms with Gasteiger partial charge in [0.05, 0.1) is 0 Å².